The number of rotatable bonds is 2. The molecule has 0 aliphatic heterocycles. The van der Waals surface area contributed by atoms with Crippen LogP contribution < -0.4 is 5.73 Å². The van der Waals surface area contributed by atoms with Crippen molar-refractivity contribution in [3.63, 3.8) is 0 Å². The summed E-state index contributed by atoms with van der Waals surface area (Å²) in [7, 11) is 0. The molecule has 0 saturated heterocycles. The summed E-state index contributed by atoms with van der Waals surface area (Å²) in [5.41, 5.74) is 6.83. The normalized spacial score (nSPS) is 11.1. The molecule has 3 nitrogen and oxygen atoms in total. The zero-order valence-corrected chi connectivity index (χ0v) is 8.26. The summed E-state index contributed by atoms with van der Waals surface area (Å²) < 4.78 is 2.09. The van der Waals surface area contributed by atoms with Crippen LogP contribution in [-0.2, 0) is 6.42 Å². The standard InChI is InChI=1S/C9H17N3/c1-5-8-11-7(4)9(10)12(8)6(2)3/h6H,5,10H2,1-4H3. The van der Waals surface area contributed by atoms with Crippen LogP contribution >= 0.6 is 0 Å². The fourth-order valence-corrected chi connectivity index (χ4v) is 1.44. The number of nitrogens with zero attached hydrogens (tertiary/aromatic N) is 2. The Morgan fingerprint density at radius 3 is 2.42 bits per heavy atom. The van der Waals surface area contributed by atoms with Gasteiger partial charge in [-0.05, 0) is 20.8 Å². The Labute approximate surface area is 73.6 Å². The van der Waals surface area contributed by atoms with E-state index in [1.807, 2.05) is 6.92 Å². The Balaban J connectivity index is 3.21. The summed E-state index contributed by atoms with van der Waals surface area (Å²) in [5, 5.41) is 0. The molecule has 2 N–H and O–H groups in total. The smallest absolute Gasteiger partial charge is 0.126 e. The van der Waals surface area contributed by atoms with E-state index in [2.05, 4.69) is 30.3 Å². The number of hydrogen-bond donors (Lipinski definition) is 1. The third-order valence-corrected chi connectivity index (χ3v) is 2.04. The van der Waals surface area contributed by atoms with E-state index in [1.54, 1.807) is 0 Å². The average Bonchev–Trinajstić information content (AvgIpc) is 2.28. The molecule has 0 fully saturated rings. The van der Waals surface area contributed by atoms with E-state index in [9.17, 15) is 0 Å². The number of aryl methyl sites for hydroxylation is 2. The van der Waals surface area contributed by atoms with Crippen molar-refractivity contribution in [2.75, 3.05) is 5.73 Å². The van der Waals surface area contributed by atoms with Crippen molar-refractivity contribution in [3.8, 4) is 0 Å². The second-order valence-corrected chi connectivity index (χ2v) is 3.32. The van der Waals surface area contributed by atoms with Gasteiger partial charge in [-0.15, -0.1) is 0 Å². The zero-order chi connectivity index (χ0) is 9.30. The van der Waals surface area contributed by atoms with Crippen molar-refractivity contribution in [1.29, 1.82) is 0 Å². The highest BCUT2D eigenvalue weighted by molar-refractivity contribution is 5.37. The molecule has 68 valence electrons. The van der Waals surface area contributed by atoms with Gasteiger partial charge < -0.3 is 10.3 Å². The van der Waals surface area contributed by atoms with Gasteiger partial charge >= 0.3 is 0 Å². The highest BCUT2D eigenvalue weighted by Gasteiger charge is 2.11. The van der Waals surface area contributed by atoms with Gasteiger partial charge in [-0.2, -0.15) is 0 Å². The first-order valence-electron chi connectivity index (χ1n) is 4.41. The van der Waals surface area contributed by atoms with Crippen LogP contribution in [0.15, 0.2) is 0 Å². The minimum absolute atomic E-state index is 0.404. The van der Waals surface area contributed by atoms with Gasteiger partial charge in [0.25, 0.3) is 0 Å². The van der Waals surface area contributed by atoms with E-state index in [4.69, 9.17) is 5.73 Å². The molecule has 0 spiro atoms. The SMILES string of the molecule is CCc1nc(C)c(N)n1C(C)C. The monoisotopic (exact) mass is 167 g/mol. The Bertz CT molecular complexity index is 274. The first-order chi connectivity index (χ1) is 5.57. The van der Waals surface area contributed by atoms with Crippen LogP contribution in [0.5, 0.6) is 0 Å². The van der Waals surface area contributed by atoms with Gasteiger partial charge in [-0.3, -0.25) is 0 Å². The van der Waals surface area contributed by atoms with Gasteiger partial charge in [-0.1, -0.05) is 6.92 Å². The summed E-state index contributed by atoms with van der Waals surface area (Å²) in [6, 6.07) is 0.404. The van der Waals surface area contributed by atoms with Crippen molar-refractivity contribution in [1.82, 2.24) is 9.55 Å². The highest BCUT2D eigenvalue weighted by atomic mass is 15.2. The molecule has 0 unspecified atom stereocenters. The molecule has 0 atom stereocenters. The molecule has 0 radical (unpaired) electrons. The predicted molar refractivity (Wildman–Crippen MR) is 51.1 cm³/mol. The number of aromatic nitrogens is 2. The van der Waals surface area contributed by atoms with Crippen LogP contribution in [0.4, 0.5) is 5.82 Å². The lowest BCUT2D eigenvalue weighted by Gasteiger charge is -2.12. The van der Waals surface area contributed by atoms with Crippen LogP contribution in [0.1, 0.15) is 38.3 Å². The van der Waals surface area contributed by atoms with Gasteiger partial charge in [-0.25, -0.2) is 4.98 Å². The molecule has 12 heavy (non-hydrogen) atoms. The van der Waals surface area contributed by atoms with Gasteiger partial charge in [0, 0.05) is 12.5 Å². The van der Waals surface area contributed by atoms with Crippen molar-refractivity contribution in [3.05, 3.63) is 11.5 Å². The lowest BCUT2D eigenvalue weighted by molar-refractivity contribution is 0.579. The zero-order valence-electron chi connectivity index (χ0n) is 8.26. The van der Waals surface area contributed by atoms with Gasteiger partial charge in [0.2, 0.25) is 0 Å². The molecule has 1 heterocycles. The van der Waals surface area contributed by atoms with Crippen molar-refractivity contribution in [2.45, 2.75) is 40.2 Å². The number of hydrogen-bond acceptors (Lipinski definition) is 2. The third-order valence-electron chi connectivity index (χ3n) is 2.04. The van der Waals surface area contributed by atoms with E-state index in [0.717, 1.165) is 23.8 Å². The summed E-state index contributed by atoms with van der Waals surface area (Å²) in [4.78, 5) is 4.39. The van der Waals surface area contributed by atoms with Gasteiger partial charge in [0.15, 0.2) is 0 Å². The maximum Gasteiger partial charge on any atom is 0.126 e. The molecule has 1 aromatic heterocycles. The first-order valence-corrected chi connectivity index (χ1v) is 4.41. The Hall–Kier alpha value is -0.990. The van der Waals surface area contributed by atoms with Crippen molar-refractivity contribution >= 4 is 5.82 Å². The Morgan fingerprint density at radius 1 is 1.50 bits per heavy atom. The predicted octanol–water partition coefficient (Wildman–Crippen LogP) is 1.92. The van der Waals surface area contributed by atoms with Gasteiger partial charge in [0.1, 0.15) is 11.6 Å². The van der Waals surface area contributed by atoms with Crippen LogP contribution in [0.2, 0.25) is 0 Å². The maximum atomic E-state index is 5.88. The van der Waals surface area contributed by atoms with E-state index in [-0.39, 0.29) is 0 Å². The minimum Gasteiger partial charge on any atom is -0.384 e. The molecule has 0 aliphatic carbocycles. The van der Waals surface area contributed by atoms with E-state index in [1.165, 1.54) is 0 Å². The van der Waals surface area contributed by atoms with Crippen molar-refractivity contribution < 1.29 is 0 Å². The first kappa shape index (κ1) is 9.10. The summed E-state index contributed by atoms with van der Waals surface area (Å²) in [6.45, 7) is 8.29. The van der Waals surface area contributed by atoms with Crippen LogP contribution in [0.25, 0.3) is 0 Å². The van der Waals surface area contributed by atoms with E-state index >= 15 is 0 Å². The molecule has 0 saturated carbocycles. The molecule has 1 aromatic rings. The largest absolute Gasteiger partial charge is 0.384 e. The third kappa shape index (κ3) is 1.31. The minimum atomic E-state index is 0.404. The Morgan fingerprint density at radius 2 is 2.08 bits per heavy atom. The molecular formula is C9H17N3. The fourth-order valence-electron chi connectivity index (χ4n) is 1.44. The molecule has 1 rings (SSSR count). The second kappa shape index (κ2) is 3.17. The average molecular weight is 167 g/mol. The molecule has 3 heteroatoms. The van der Waals surface area contributed by atoms with E-state index in [0.29, 0.717) is 6.04 Å². The summed E-state index contributed by atoms with van der Waals surface area (Å²) in [5.74, 6) is 1.89. The summed E-state index contributed by atoms with van der Waals surface area (Å²) in [6.07, 6.45) is 0.941. The molecule has 0 aliphatic rings. The molecule has 0 amide bonds. The van der Waals surface area contributed by atoms with E-state index < -0.39 is 0 Å². The van der Waals surface area contributed by atoms with Crippen molar-refractivity contribution in [2.24, 2.45) is 0 Å². The van der Waals surface area contributed by atoms with Crippen LogP contribution in [0, 0.1) is 6.92 Å². The maximum absolute atomic E-state index is 5.88. The number of anilines is 1. The van der Waals surface area contributed by atoms with Gasteiger partial charge in [0.05, 0.1) is 5.69 Å². The Kier molecular flexibility index (Phi) is 2.40. The lowest BCUT2D eigenvalue weighted by atomic mass is 10.3. The number of imidazole rings is 1. The molecular weight excluding hydrogens is 150 g/mol. The molecule has 0 bridgehead atoms. The number of nitrogen functional groups attached to an aromatic ring is 1. The summed E-state index contributed by atoms with van der Waals surface area (Å²) >= 11 is 0. The number of nitrogens with two attached hydrogens (primary N) is 1. The quantitative estimate of drug-likeness (QED) is 0.731. The second-order valence-electron chi connectivity index (χ2n) is 3.32. The van der Waals surface area contributed by atoms with Crippen LogP contribution in [-0.4, -0.2) is 9.55 Å². The fraction of sp³-hybridized carbons (Fsp3) is 0.667. The van der Waals surface area contributed by atoms with Crippen LogP contribution in [0.3, 0.4) is 0 Å². The highest BCUT2D eigenvalue weighted by Crippen LogP contribution is 2.19. The topological polar surface area (TPSA) is 43.8 Å². The molecule has 0 aromatic carbocycles. The lowest BCUT2D eigenvalue weighted by Crippen LogP contribution is -2.08.